The zero-order valence-corrected chi connectivity index (χ0v) is 20.8. The molecule has 0 atom stereocenters. The summed E-state index contributed by atoms with van der Waals surface area (Å²) in [6.45, 7) is 0. The first-order valence-electron chi connectivity index (χ1n) is 11.5. The van der Waals surface area contributed by atoms with Gasteiger partial charge in [0.1, 0.15) is 5.75 Å². The van der Waals surface area contributed by atoms with Gasteiger partial charge in [0.05, 0.1) is 23.0 Å². The predicted molar refractivity (Wildman–Crippen MR) is 148 cm³/mol. The Labute approximate surface area is 224 Å². The summed E-state index contributed by atoms with van der Waals surface area (Å²) in [4.78, 5) is 37.7. The molecular formula is C30H22ClN3O4. The second-order valence-electron chi connectivity index (χ2n) is 7.91. The molecule has 0 bridgehead atoms. The van der Waals surface area contributed by atoms with Gasteiger partial charge in [-0.1, -0.05) is 66.2 Å². The summed E-state index contributed by atoms with van der Waals surface area (Å²) < 4.78 is 5.49. The van der Waals surface area contributed by atoms with Crippen molar-refractivity contribution in [2.24, 2.45) is 5.10 Å². The number of hydrazone groups is 1. The standard InChI is InChI=1S/C30H22ClN3O4/c31-24-17-15-22(16-18-24)30(37)38-27-13-7-4-10-23(27)20-32-34-29(36)25-11-5-6-12-26(25)33-28(35)19-14-21-8-2-1-3-9-21/h1-20H,(H,33,35)(H,34,36)/b19-14+,32-20-. The third-order valence-corrected chi connectivity index (χ3v) is 5.48. The van der Waals surface area contributed by atoms with E-state index < -0.39 is 11.9 Å². The van der Waals surface area contributed by atoms with Crippen LogP contribution in [0.2, 0.25) is 5.02 Å². The lowest BCUT2D eigenvalue weighted by Gasteiger charge is -2.09. The molecule has 38 heavy (non-hydrogen) atoms. The summed E-state index contributed by atoms with van der Waals surface area (Å²) in [5, 5.41) is 7.23. The Balaban J connectivity index is 1.41. The Bertz CT molecular complexity index is 1500. The van der Waals surface area contributed by atoms with Gasteiger partial charge in [0, 0.05) is 16.7 Å². The normalized spacial score (nSPS) is 10.9. The molecule has 0 aliphatic rings. The van der Waals surface area contributed by atoms with Gasteiger partial charge in [-0.05, 0) is 60.2 Å². The number of para-hydroxylation sites is 2. The van der Waals surface area contributed by atoms with Crippen molar-refractivity contribution in [1.82, 2.24) is 5.43 Å². The average molecular weight is 524 g/mol. The number of carbonyl (C=O) groups excluding carboxylic acids is 3. The molecule has 0 heterocycles. The lowest BCUT2D eigenvalue weighted by Crippen LogP contribution is -2.20. The number of rotatable bonds is 8. The zero-order valence-electron chi connectivity index (χ0n) is 20.0. The Morgan fingerprint density at radius 3 is 2.26 bits per heavy atom. The number of halogens is 1. The van der Waals surface area contributed by atoms with E-state index in [1.807, 2.05) is 30.3 Å². The fourth-order valence-electron chi connectivity index (χ4n) is 3.35. The van der Waals surface area contributed by atoms with E-state index in [0.717, 1.165) is 5.56 Å². The van der Waals surface area contributed by atoms with E-state index in [-0.39, 0.29) is 17.2 Å². The first kappa shape index (κ1) is 26.1. The summed E-state index contributed by atoms with van der Waals surface area (Å²) >= 11 is 5.87. The van der Waals surface area contributed by atoms with Crippen molar-refractivity contribution in [3.8, 4) is 5.75 Å². The largest absolute Gasteiger partial charge is 0.422 e. The van der Waals surface area contributed by atoms with Crippen molar-refractivity contribution in [2.75, 3.05) is 5.32 Å². The summed E-state index contributed by atoms with van der Waals surface area (Å²) in [6.07, 6.45) is 4.44. The molecule has 2 amide bonds. The number of esters is 1. The Morgan fingerprint density at radius 1 is 0.789 bits per heavy atom. The highest BCUT2D eigenvalue weighted by atomic mass is 35.5. The summed E-state index contributed by atoms with van der Waals surface area (Å²) in [6, 6.07) is 29.1. The van der Waals surface area contributed by atoms with Crippen LogP contribution in [0.1, 0.15) is 31.8 Å². The number of carbonyl (C=O) groups is 3. The van der Waals surface area contributed by atoms with Gasteiger partial charge in [-0.2, -0.15) is 5.10 Å². The molecule has 0 aliphatic carbocycles. The van der Waals surface area contributed by atoms with Crippen molar-refractivity contribution in [3.05, 3.63) is 136 Å². The molecule has 7 nitrogen and oxygen atoms in total. The van der Waals surface area contributed by atoms with Gasteiger partial charge in [0.15, 0.2) is 0 Å². The first-order chi connectivity index (χ1) is 18.5. The van der Waals surface area contributed by atoms with Crippen molar-refractivity contribution >= 4 is 47.4 Å². The van der Waals surface area contributed by atoms with E-state index in [1.54, 1.807) is 78.9 Å². The van der Waals surface area contributed by atoms with Crippen LogP contribution in [0.25, 0.3) is 6.08 Å². The lowest BCUT2D eigenvalue weighted by molar-refractivity contribution is -0.111. The van der Waals surface area contributed by atoms with Gasteiger partial charge in [0.25, 0.3) is 5.91 Å². The van der Waals surface area contributed by atoms with E-state index >= 15 is 0 Å². The highest BCUT2D eigenvalue weighted by molar-refractivity contribution is 6.30. The Kier molecular flexibility index (Phi) is 8.78. The first-order valence-corrected chi connectivity index (χ1v) is 11.9. The van der Waals surface area contributed by atoms with Gasteiger partial charge >= 0.3 is 5.97 Å². The lowest BCUT2D eigenvalue weighted by atomic mass is 10.1. The molecule has 0 fully saturated rings. The fraction of sp³-hybridized carbons (Fsp3) is 0. The van der Waals surface area contributed by atoms with E-state index in [9.17, 15) is 14.4 Å². The number of amides is 2. The van der Waals surface area contributed by atoms with E-state index in [2.05, 4.69) is 15.8 Å². The minimum absolute atomic E-state index is 0.230. The van der Waals surface area contributed by atoms with Crippen molar-refractivity contribution in [1.29, 1.82) is 0 Å². The number of anilines is 1. The molecule has 0 saturated carbocycles. The molecule has 0 spiro atoms. The molecule has 0 radical (unpaired) electrons. The average Bonchev–Trinajstić information content (AvgIpc) is 2.94. The SMILES string of the molecule is O=C(/C=C/c1ccccc1)Nc1ccccc1C(=O)N/N=C\c1ccccc1OC(=O)c1ccc(Cl)cc1. The van der Waals surface area contributed by atoms with Gasteiger partial charge in [-0.15, -0.1) is 0 Å². The number of nitrogens with zero attached hydrogens (tertiary/aromatic N) is 1. The third kappa shape index (κ3) is 7.25. The van der Waals surface area contributed by atoms with E-state index in [4.69, 9.17) is 16.3 Å². The molecule has 8 heteroatoms. The summed E-state index contributed by atoms with van der Waals surface area (Å²) in [5.74, 6) is -1.20. The predicted octanol–water partition coefficient (Wildman–Crippen LogP) is 5.98. The Morgan fingerprint density at radius 2 is 1.47 bits per heavy atom. The van der Waals surface area contributed by atoms with E-state index in [0.29, 0.717) is 21.8 Å². The van der Waals surface area contributed by atoms with Crippen LogP contribution in [0.3, 0.4) is 0 Å². The van der Waals surface area contributed by atoms with Crippen LogP contribution in [-0.2, 0) is 4.79 Å². The molecule has 0 unspecified atom stereocenters. The van der Waals surface area contributed by atoms with Gasteiger partial charge in [-0.25, -0.2) is 10.2 Å². The van der Waals surface area contributed by atoms with Gasteiger partial charge in [0.2, 0.25) is 5.91 Å². The molecule has 4 rings (SSSR count). The van der Waals surface area contributed by atoms with Gasteiger partial charge in [-0.3, -0.25) is 9.59 Å². The van der Waals surface area contributed by atoms with Crippen LogP contribution in [0.15, 0.2) is 114 Å². The van der Waals surface area contributed by atoms with Crippen LogP contribution in [0, 0.1) is 0 Å². The maximum atomic E-state index is 12.8. The van der Waals surface area contributed by atoms with Gasteiger partial charge < -0.3 is 10.1 Å². The van der Waals surface area contributed by atoms with E-state index in [1.165, 1.54) is 12.3 Å². The number of hydrogen-bond acceptors (Lipinski definition) is 5. The number of ether oxygens (including phenoxy) is 1. The quantitative estimate of drug-likeness (QED) is 0.0976. The Hall–Kier alpha value is -5.01. The smallest absolute Gasteiger partial charge is 0.343 e. The molecule has 4 aromatic carbocycles. The van der Waals surface area contributed by atoms with Crippen LogP contribution in [0.5, 0.6) is 5.75 Å². The fourth-order valence-corrected chi connectivity index (χ4v) is 3.47. The topological polar surface area (TPSA) is 96.9 Å². The van der Waals surface area contributed by atoms with Crippen LogP contribution >= 0.6 is 11.6 Å². The molecule has 188 valence electrons. The number of benzene rings is 4. The maximum Gasteiger partial charge on any atom is 0.343 e. The second kappa shape index (κ2) is 12.8. The van der Waals surface area contributed by atoms with Crippen LogP contribution in [-0.4, -0.2) is 24.0 Å². The molecule has 0 aliphatic heterocycles. The summed E-state index contributed by atoms with van der Waals surface area (Å²) in [7, 11) is 0. The maximum absolute atomic E-state index is 12.8. The van der Waals surface area contributed by atoms with Crippen LogP contribution in [0.4, 0.5) is 5.69 Å². The zero-order chi connectivity index (χ0) is 26.7. The van der Waals surface area contributed by atoms with Crippen molar-refractivity contribution in [2.45, 2.75) is 0 Å². The second-order valence-corrected chi connectivity index (χ2v) is 8.35. The molecule has 0 saturated heterocycles. The molecule has 4 aromatic rings. The van der Waals surface area contributed by atoms with Crippen LogP contribution < -0.4 is 15.5 Å². The van der Waals surface area contributed by atoms with Crippen molar-refractivity contribution < 1.29 is 19.1 Å². The highest BCUT2D eigenvalue weighted by Gasteiger charge is 2.13. The highest BCUT2D eigenvalue weighted by Crippen LogP contribution is 2.19. The monoisotopic (exact) mass is 523 g/mol. The van der Waals surface area contributed by atoms with Crippen molar-refractivity contribution in [3.63, 3.8) is 0 Å². The summed E-state index contributed by atoms with van der Waals surface area (Å²) in [5.41, 5.74) is 4.70. The number of nitrogens with one attached hydrogen (secondary N) is 2. The minimum Gasteiger partial charge on any atom is -0.422 e. The molecule has 0 aromatic heterocycles. The third-order valence-electron chi connectivity index (χ3n) is 5.23. The number of hydrogen-bond donors (Lipinski definition) is 2. The molecule has 2 N–H and O–H groups in total. The minimum atomic E-state index is -0.558. The molecular weight excluding hydrogens is 502 g/mol.